The lowest BCUT2D eigenvalue weighted by molar-refractivity contribution is -0.835. The number of anilines is 1. The molecule has 20 heteroatoms. The number of aromatic nitrogens is 3. The molecule has 3 N–H and O–H groups in total. The van der Waals surface area contributed by atoms with Crippen molar-refractivity contribution in [1.29, 1.82) is 0 Å². The molecule has 10 rings (SSSR count). The minimum Gasteiger partial charge on any atom is -0.375 e. The fraction of sp³-hybridized carbons (Fsp3) is 0.654. The number of alkyl halides is 3. The van der Waals surface area contributed by atoms with Crippen LogP contribution in [0.4, 0.5) is 18.9 Å². The first-order valence-corrected chi connectivity index (χ1v) is 26.9. The van der Waals surface area contributed by atoms with Gasteiger partial charge in [-0.05, 0) is 93.6 Å². The summed E-state index contributed by atoms with van der Waals surface area (Å²) in [6.07, 6.45) is 1.46. The Balaban J connectivity index is 1.06. The van der Waals surface area contributed by atoms with Gasteiger partial charge in [-0.2, -0.15) is 18.6 Å². The van der Waals surface area contributed by atoms with Gasteiger partial charge < -0.3 is 24.8 Å². The van der Waals surface area contributed by atoms with E-state index in [4.69, 9.17) is 19.5 Å². The molecule has 5 fully saturated rings. The topological polar surface area (TPSA) is 152 Å². The molecule has 1 saturated carbocycles. The van der Waals surface area contributed by atoms with Crippen LogP contribution in [0.5, 0.6) is 0 Å². The highest BCUT2D eigenvalue weighted by Crippen LogP contribution is 2.45. The van der Waals surface area contributed by atoms with Crippen LogP contribution in [0, 0.1) is 21.7 Å². The molecule has 4 aromatic rings. The van der Waals surface area contributed by atoms with Crippen molar-refractivity contribution < 1.29 is 37.3 Å². The average Bonchev–Trinajstić information content (AvgIpc) is 3.59. The fourth-order valence-corrected chi connectivity index (χ4v) is 12.8. The smallest absolute Gasteiger partial charge is 0.375 e. The van der Waals surface area contributed by atoms with Crippen LogP contribution in [0.25, 0.3) is 33.4 Å². The molecule has 8 heterocycles. The van der Waals surface area contributed by atoms with Gasteiger partial charge in [0.1, 0.15) is 12.6 Å². The third-order valence-electron chi connectivity index (χ3n) is 16.0. The van der Waals surface area contributed by atoms with Crippen LogP contribution in [0.1, 0.15) is 95.5 Å². The van der Waals surface area contributed by atoms with Gasteiger partial charge in [0.15, 0.2) is 6.61 Å². The number of carbonyl (C=O) groups is 2. The second-order valence-electron chi connectivity index (χ2n) is 22.4. The summed E-state index contributed by atoms with van der Waals surface area (Å²) in [5, 5.41) is 11.2. The molecular formula is C52H71F3N11O5S+. The first kappa shape index (κ1) is 50.8. The number of pyridine rings is 1. The van der Waals surface area contributed by atoms with Gasteiger partial charge in [0.25, 0.3) is 5.91 Å². The van der Waals surface area contributed by atoms with Gasteiger partial charge in [-0.15, -0.1) is 11.3 Å². The first-order chi connectivity index (χ1) is 34.4. The number of nitrogens with one attached hydrogen (secondary N) is 3. The normalized spacial score (nSPS) is 25.6. The summed E-state index contributed by atoms with van der Waals surface area (Å²) >= 11 is 1.36. The van der Waals surface area contributed by atoms with E-state index in [9.17, 15) is 14.5 Å². The molecule has 6 aliphatic rings. The van der Waals surface area contributed by atoms with E-state index < -0.39 is 42.5 Å². The molecule has 5 aliphatic heterocycles. The number of likely N-dealkylation sites (tertiary alicyclic amines) is 1. The van der Waals surface area contributed by atoms with Crippen LogP contribution in [-0.4, -0.2) is 149 Å². The van der Waals surface area contributed by atoms with Crippen molar-refractivity contribution in [3.05, 3.63) is 57.0 Å². The van der Waals surface area contributed by atoms with Crippen molar-refractivity contribution in [2.75, 3.05) is 77.5 Å². The first-order valence-electron chi connectivity index (χ1n) is 26.0. The summed E-state index contributed by atoms with van der Waals surface area (Å²) in [6.45, 7) is 15.6. The van der Waals surface area contributed by atoms with Crippen molar-refractivity contribution in [3.8, 4) is 22.5 Å². The molecule has 1 spiro atoms. The zero-order valence-corrected chi connectivity index (χ0v) is 43.3. The van der Waals surface area contributed by atoms with Gasteiger partial charge in [0, 0.05) is 105 Å². The molecule has 1 aromatic carbocycles. The van der Waals surface area contributed by atoms with Crippen LogP contribution < -0.4 is 21.0 Å². The standard InChI is InChI=1S/C52H70F3N11O5S/c1-32(2)46(63-17-14-51(29-63)13-15-56-28-51)48(67)59-40-24-44-58-41(27-72-44)34-9-12-42-37(22-34)39(25-50(4,5)31-71-66(69)43-8-7-16-65(60-43)49(40)68)47(64(42)30-52(53,54)55)38-23-36(26-57-45(38)33(3)70-6)62-20-18-61(19-21-62)35-10-11-35/h9,12,22-23,26-27,32-33,35,40,43,46,56,60H,7-8,10-11,13-21,24-25,28-31H2,1-6H3/p+1/t33-,40-,43+,46-,51-/m0/s1. The molecule has 6 bridgehead atoms. The van der Waals surface area contributed by atoms with Gasteiger partial charge in [-0.1, -0.05) is 33.8 Å². The molecule has 4 saturated heterocycles. The number of hydrogen-bond donors (Lipinski definition) is 3. The van der Waals surface area contributed by atoms with Crippen LogP contribution in [0.15, 0.2) is 35.8 Å². The van der Waals surface area contributed by atoms with E-state index in [1.54, 1.807) is 19.2 Å². The van der Waals surface area contributed by atoms with E-state index >= 15 is 13.2 Å². The lowest BCUT2D eigenvalue weighted by Crippen LogP contribution is -2.62. The number of ether oxygens (including phenoxy) is 1. The lowest BCUT2D eigenvalue weighted by Gasteiger charge is -2.36. The number of benzene rings is 1. The van der Waals surface area contributed by atoms with Gasteiger partial charge in [0.05, 0.1) is 51.0 Å². The van der Waals surface area contributed by atoms with Gasteiger partial charge in [0.2, 0.25) is 10.8 Å². The highest BCUT2D eigenvalue weighted by molar-refractivity contribution is 7.10. The molecule has 390 valence electrons. The van der Waals surface area contributed by atoms with Crippen molar-refractivity contribution >= 4 is 39.7 Å². The number of hydrazine groups is 1. The highest BCUT2D eigenvalue weighted by Gasteiger charge is 2.46. The zero-order valence-electron chi connectivity index (χ0n) is 42.5. The summed E-state index contributed by atoms with van der Waals surface area (Å²) in [5.74, 6) is -0.643. The minimum atomic E-state index is -4.59. The summed E-state index contributed by atoms with van der Waals surface area (Å²) in [5.41, 5.74) is 7.06. The van der Waals surface area contributed by atoms with Crippen molar-refractivity contribution in [2.24, 2.45) is 16.7 Å². The predicted molar refractivity (Wildman–Crippen MR) is 270 cm³/mol. The minimum absolute atomic E-state index is 0.0301. The number of rotatable bonds is 10. The Kier molecular flexibility index (Phi) is 14.2. The molecule has 5 atom stereocenters. The summed E-state index contributed by atoms with van der Waals surface area (Å²) < 4.78 is 52.5. The third kappa shape index (κ3) is 10.6. The Labute approximate surface area is 423 Å². The van der Waals surface area contributed by atoms with E-state index in [1.807, 2.05) is 58.3 Å². The molecule has 0 radical (unpaired) electrons. The molecule has 3 aromatic heterocycles. The van der Waals surface area contributed by atoms with E-state index in [0.29, 0.717) is 80.0 Å². The van der Waals surface area contributed by atoms with Gasteiger partial charge in [-0.3, -0.25) is 29.4 Å². The third-order valence-corrected chi connectivity index (χ3v) is 16.9. The number of piperazine rings is 1. The zero-order chi connectivity index (χ0) is 50.7. The number of thiazole rings is 1. The molecular weight excluding hydrogens is 948 g/mol. The average molecular weight is 1020 g/mol. The Hall–Kier alpha value is -4.73. The second-order valence-corrected chi connectivity index (χ2v) is 23.4. The Morgan fingerprint density at radius 1 is 1.07 bits per heavy atom. The number of hydrogen-bond acceptors (Lipinski definition) is 13. The van der Waals surface area contributed by atoms with E-state index in [1.165, 1.54) is 33.8 Å². The summed E-state index contributed by atoms with van der Waals surface area (Å²) in [6, 6.07) is 6.59. The second kappa shape index (κ2) is 20.2. The SMILES string of the molecule is CO[C@@H](C)c1ncc(N2CCN(C3CC3)CC2)cc1-c1c2c3cc(ccc3n1CC(F)(F)F)-c1csc(n1)C[C@H](NC(=O)[C@H](C(C)C)N1CC[C@]3(CCNC3)C1)C(=O)N1CCC[C@H](N1)[N+](=O)OCC(C)(C)C2. The van der Waals surface area contributed by atoms with E-state index in [0.717, 1.165) is 70.9 Å². The Morgan fingerprint density at radius 2 is 1.86 bits per heavy atom. The number of carbonyl (C=O) groups excluding carboxylic acids is 2. The maximum absolute atomic E-state index is 15.1. The number of halogens is 3. The quantitative estimate of drug-likeness (QED) is 0.152. The predicted octanol–water partition coefficient (Wildman–Crippen LogP) is 6.86. The number of methoxy groups -OCH3 is 1. The number of nitrogens with zero attached hydrogens (tertiary/aromatic N) is 8. The van der Waals surface area contributed by atoms with Crippen LogP contribution in [0.2, 0.25) is 0 Å². The fourth-order valence-electron chi connectivity index (χ4n) is 12.0. The lowest BCUT2D eigenvalue weighted by atomic mass is 9.84. The largest absolute Gasteiger partial charge is 0.406 e. The van der Waals surface area contributed by atoms with Crippen LogP contribution in [-0.2, 0) is 38.5 Å². The molecule has 16 nitrogen and oxygen atoms in total. The van der Waals surface area contributed by atoms with E-state index in [-0.39, 0.29) is 42.6 Å². The molecule has 1 aliphatic carbocycles. The van der Waals surface area contributed by atoms with Crippen LogP contribution in [0.3, 0.4) is 0 Å². The highest BCUT2D eigenvalue weighted by atomic mass is 32.1. The summed E-state index contributed by atoms with van der Waals surface area (Å²) in [4.78, 5) is 66.9. The maximum Gasteiger partial charge on any atom is 0.406 e. The maximum atomic E-state index is 15.1. The Bertz CT molecular complexity index is 2660. The summed E-state index contributed by atoms with van der Waals surface area (Å²) in [7, 11) is 1.57. The van der Waals surface area contributed by atoms with Gasteiger partial charge >= 0.3 is 12.3 Å². The van der Waals surface area contributed by atoms with Crippen LogP contribution >= 0.6 is 11.3 Å². The molecule has 72 heavy (non-hydrogen) atoms. The number of amides is 2. The monoisotopic (exact) mass is 1020 g/mol. The molecule has 0 unspecified atom stereocenters. The number of fused-ring (bicyclic) bond motifs is 6. The van der Waals surface area contributed by atoms with Gasteiger partial charge in [-0.25, -0.2) is 9.82 Å². The Morgan fingerprint density at radius 3 is 2.57 bits per heavy atom. The van der Waals surface area contributed by atoms with Crippen molar-refractivity contribution in [2.45, 2.75) is 129 Å². The molecule has 2 amide bonds. The van der Waals surface area contributed by atoms with Crippen molar-refractivity contribution in [3.63, 3.8) is 0 Å². The van der Waals surface area contributed by atoms with E-state index in [2.05, 4.69) is 30.8 Å². The van der Waals surface area contributed by atoms with Crippen molar-refractivity contribution in [1.82, 2.24) is 45.4 Å².